The van der Waals surface area contributed by atoms with Gasteiger partial charge in [0.1, 0.15) is 4.33 Å². The van der Waals surface area contributed by atoms with Crippen molar-refractivity contribution in [3.05, 3.63) is 0 Å². The number of alkyl halides is 2. The summed E-state index contributed by atoms with van der Waals surface area (Å²) in [7, 11) is 0. The summed E-state index contributed by atoms with van der Waals surface area (Å²) in [5.74, 6) is -0.159. The number of halogens is 2. The van der Waals surface area contributed by atoms with E-state index in [1.54, 1.807) is 6.92 Å². The molecule has 5 heteroatoms. The lowest BCUT2D eigenvalue weighted by Crippen LogP contribution is -2.49. The summed E-state index contributed by atoms with van der Waals surface area (Å²) in [6.07, 6.45) is 3.03. The van der Waals surface area contributed by atoms with Crippen molar-refractivity contribution in [1.29, 1.82) is 0 Å². The topological polar surface area (TPSA) is 49.3 Å². The fourth-order valence-electron chi connectivity index (χ4n) is 1.85. The predicted molar refractivity (Wildman–Crippen MR) is 59.0 cm³/mol. The molecule has 15 heavy (non-hydrogen) atoms. The van der Waals surface area contributed by atoms with Crippen LogP contribution in [-0.2, 0) is 4.79 Å². The Hall–Kier alpha value is 0.01000. The molecule has 0 radical (unpaired) electrons. The minimum Gasteiger partial charge on any atom is -0.388 e. The van der Waals surface area contributed by atoms with Crippen LogP contribution in [0.2, 0.25) is 0 Å². The van der Waals surface area contributed by atoms with Gasteiger partial charge in [-0.25, -0.2) is 0 Å². The molecule has 0 aromatic carbocycles. The maximum Gasteiger partial charge on any atom is 0.229 e. The number of nitrogens with one attached hydrogen (secondary N) is 1. The molecule has 2 rings (SSSR count). The van der Waals surface area contributed by atoms with Crippen LogP contribution < -0.4 is 5.32 Å². The van der Waals surface area contributed by atoms with Crippen molar-refractivity contribution in [1.82, 2.24) is 5.32 Å². The Kier molecular flexibility index (Phi) is 2.49. The van der Waals surface area contributed by atoms with Gasteiger partial charge in [-0.2, -0.15) is 0 Å². The van der Waals surface area contributed by atoms with Gasteiger partial charge in [0, 0.05) is 6.54 Å². The predicted octanol–water partition coefficient (Wildman–Crippen LogP) is 1.60. The summed E-state index contributed by atoms with van der Waals surface area (Å²) >= 11 is 11.8. The molecule has 2 aliphatic rings. The summed E-state index contributed by atoms with van der Waals surface area (Å²) in [6.45, 7) is 2.05. The molecular formula is C10H15Cl2NO2. The van der Waals surface area contributed by atoms with Gasteiger partial charge in [0.15, 0.2) is 0 Å². The molecule has 1 unspecified atom stereocenters. The van der Waals surface area contributed by atoms with E-state index in [4.69, 9.17) is 23.2 Å². The Morgan fingerprint density at radius 1 is 1.47 bits per heavy atom. The summed E-state index contributed by atoms with van der Waals surface area (Å²) in [5, 5.41) is 12.5. The van der Waals surface area contributed by atoms with Crippen molar-refractivity contribution < 1.29 is 9.90 Å². The summed E-state index contributed by atoms with van der Waals surface area (Å²) in [4.78, 5) is 11.7. The Morgan fingerprint density at radius 2 is 2.00 bits per heavy atom. The van der Waals surface area contributed by atoms with Crippen LogP contribution in [0.4, 0.5) is 0 Å². The van der Waals surface area contributed by atoms with Crippen molar-refractivity contribution in [3.8, 4) is 0 Å². The quantitative estimate of drug-likeness (QED) is 0.749. The second kappa shape index (κ2) is 3.25. The number of rotatable bonds is 3. The van der Waals surface area contributed by atoms with Crippen LogP contribution in [0.5, 0.6) is 0 Å². The van der Waals surface area contributed by atoms with E-state index >= 15 is 0 Å². The van der Waals surface area contributed by atoms with Crippen LogP contribution in [0.3, 0.4) is 0 Å². The number of aliphatic hydroxyl groups is 1. The molecule has 2 fully saturated rings. The van der Waals surface area contributed by atoms with Crippen molar-refractivity contribution >= 4 is 29.1 Å². The first-order valence-corrected chi connectivity index (χ1v) is 5.93. The average Bonchev–Trinajstić information content (AvgIpc) is 2.60. The Morgan fingerprint density at radius 3 is 2.33 bits per heavy atom. The maximum atomic E-state index is 11.7. The second-order valence-corrected chi connectivity index (χ2v) is 6.46. The van der Waals surface area contributed by atoms with Crippen LogP contribution >= 0.6 is 23.2 Å². The highest BCUT2D eigenvalue weighted by atomic mass is 35.5. The van der Waals surface area contributed by atoms with Gasteiger partial charge in [-0.05, 0) is 32.6 Å². The van der Waals surface area contributed by atoms with Gasteiger partial charge in [0.05, 0.1) is 11.0 Å². The maximum absolute atomic E-state index is 11.7. The van der Waals surface area contributed by atoms with Crippen LogP contribution in [0.25, 0.3) is 0 Å². The number of carbonyl (C=O) groups is 1. The summed E-state index contributed by atoms with van der Waals surface area (Å²) in [6, 6.07) is 0. The number of amides is 1. The van der Waals surface area contributed by atoms with Crippen LogP contribution in [0.15, 0.2) is 0 Å². The zero-order valence-corrected chi connectivity index (χ0v) is 10.2. The smallest absolute Gasteiger partial charge is 0.229 e. The fourth-order valence-corrected chi connectivity index (χ4v) is 2.55. The van der Waals surface area contributed by atoms with Crippen molar-refractivity contribution in [2.75, 3.05) is 6.54 Å². The van der Waals surface area contributed by atoms with E-state index in [9.17, 15) is 9.90 Å². The Bertz CT molecular complexity index is 302. The van der Waals surface area contributed by atoms with E-state index in [-0.39, 0.29) is 5.91 Å². The third kappa shape index (κ3) is 1.85. The molecule has 86 valence electrons. The largest absolute Gasteiger partial charge is 0.388 e. The van der Waals surface area contributed by atoms with Crippen molar-refractivity contribution in [2.24, 2.45) is 5.41 Å². The van der Waals surface area contributed by atoms with Crippen LogP contribution in [0.1, 0.15) is 32.6 Å². The SMILES string of the molecule is CC1(C(=O)NCC2(O)CCC2)CC1(Cl)Cl. The normalized spacial score (nSPS) is 35.5. The monoisotopic (exact) mass is 251 g/mol. The molecule has 2 saturated carbocycles. The molecule has 0 bridgehead atoms. The highest BCUT2D eigenvalue weighted by Gasteiger charge is 2.67. The van der Waals surface area contributed by atoms with Gasteiger partial charge in [0.25, 0.3) is 0 Å². The van der Waals surface area contributed by atoms with Gasteiger partial charge in [-0.3, -0.25) is 4.79 Å². The molecule has 0 spiro atoms. The highest BCUT2D eigenvalue weighted by molar-refractivity contribution is 6.53. The standard InChI is InChI=1S/C10H15Cl2NO2/c1-8(5-10(8,11)12)7(14)13-6-9(15)3-2-4-9/h15H,2-6H2,1H3,(H,13,14). The minimum absolute atomic E-state index is 0.159. The molecule has 2 N–H and O–H groups in total. The van der Waals surface area contributed by atoms with E-state index in [1.165, 1.54) is 0 Å². The lowest BCUT2D eigenvalue weighted by Gasteiger charge is -2.36. The second-order valence-electron chi connectivity index (χ2n) is 4.97. The van der Waals surface area contributed by atoms with E-state index in [0.29, 0.717) is 13.0 Å². The number of hydrogen-bond donors (Lipinski definition) is 2. The lowest BCUT2D eigenvalue weighted by atomic mass is 9.80. The highest BCUT2D eigenvalue weighted by Crippen LogP contribution is 2.63. The van der Waals surface area contributed by atoms with Gasteiger partial charge < -0.3 is 10.4 Å². The first-order valence-electron chi connectivity index (χ1n) is 5.18. The zero-order chi connectivity index (χ0) is 11.3. The number of hydrogen-bond acceptors (Lipinski definition) is 2. The molecule has 0 heterocycles. The fraction of sp³-hybridized carbons (Fsp3) is 0.900. The van der Waals surface area contributed by atoms with Crippen molar-refractivity contribution in [3.63, 3.8) is 0 Å². The van der Waals surface area contributed by atoms with E-state index in [1.807, 2.05) is 0 Å². The lowest BCUT2D eigenvalue weighted by molar-refractivity contribution is -0.128. The molecule has 1 amide bonds. The molecule has 0 saturated heterocycles. The first kappa shape index (κ1) is 11.5. The molecule has 3 nitrogen and oxygen atoms in total. The zero-order valence-electron chi connectivity index (χ0n) is 8.65. The van der Waals surface area contributed by atoms with Crippen LogP contribution in [0, 0.1) is 5.41 Å². The average molecular weight is 252 g/mol. The van der Waals surface area contributed by atoms with E-state index in [2.05, 4.69) is 5.32 Å². The van der Waals surface area contributed by atoms with E-state index < -0.39 is 15.3 Å². The number of carbonyl (C=O) groups excluding carboxylic acids is 1. The van der Waals surface area contributed by atoms with Gasteiger partial charge in [-0.1, -0.05) is 0 Å². The molecule has 2 aliphatic carbocycles. The third-order valence-corrected chi connectivity index (χ3v) is 4.72. The van der Waals surface area contributed by atoms with Gasteiger partial charge >= 0.3 is 0 Å². The third-order valence-electron chi connectivity index (χ3n) is 3.62. The van der Waals surface area contributed by atoms with E-state index in [0.717, 1.165) is 19.3 Å². The molecular weight excluding hydrogens is 237 g/mol. The van der Waals surface area contributed by atoms with Gasteiger partial charge in [0.2, 0.25) is 5.91 Å². The summed E-state index contributed by atoms with van der Waals surface area (Å²) < 4.78 is -0.931. The molecule has 0 aromatic heterocycles. The molecule has 0 aromatic rings. The Labute approximate surface area is 99.1 Å². The first-order chi connectivity index (χ1) is 6.79. The minimum atomic E-state index is -0.931. The molecule has 1 atom stereocenters. The Balaban J connectivity index is 1.84. The van der Waals surface area contributed by atoms with Crippen molar-refractivity contribution in [2.45, 2.75) is 42.5 Å². The van der Waals surface area contributed by atoms with Crippen LogP contribution in [-0.4, -0.2) is 27.5 Å². The summed E-state index contributed by atoms with van der Waals surface area (Å²) in [5.41, 5.74) is -1.38. The van der Waals surface area contributed by atoms with Gasteiger partial charge in [-0.15, -0.1) is 23.2 Å². The molecule has 0 aliphatic heterocycles.